The molecule has 0 aliphatic carbocycles. The van der Waals surface area contributed by atoms with Gasteiger partial charge in [0.05, 0.1) is 0 Å². The van der Waals surface area contributed by atoms with E-state index < -0.39 is 0 Å². The summed E-state index contributed by atoms with van der Waals surface area (Å²) in [6.07, 6.45) is 1.09. The highest BCUT2D eigenvalue weighted by atomic mass is 32.2. The Bertz CT molecular complexity index is 701. The summed E-state index contributed by atoms with van der Waals surface area (Å²) in [5, 5.41) is 1.81. The van der Waals surface area contributed by atoms with Crippen molar-refractivity contribution in [3.05, 3.63) is 41.5 Å². The average Bonchev–Trinajstić information content (AvgIpc) is 2.48. The van der Waals surface area contributed by atoms with Gasteiger partial charge in [-0.25, -0.2) is 0 Å². The molecule has 3 nitrogen and oxygen atoms in total. The van der Waals surface area contributed by atoms with Crippen molar-refractivity contribution in [1.82, 2.24) is 4.90 Å². The fourth-order valence-corrected chi connectivity index (χ4v) is 3.44. The molecule has 0 unspecified atom stereocenters. The smallest absolute Gasteiger partial charge is 0.261 e. The molecule has 2 aromatic carbocycles. The Morgan fingerprint density at radius 3 is 2.45 bits per heavy atom. The van der Waals surface area contributed by atoms with Crippen molar-refractivity contribution in [3.8, 4) is 0 Å². The van der Waals surface area contributed by atoms with Crippen LogP contribution < -0.4 is 0 Å². The normalized spacial score (nSPS) is 14.2. The molecule has 0 fully saturated rings. The maximum absolute atomic E-state index is 12.2. The predicted molar refractivity (Wildman–Crippen MR) is 81.4 cm³/mol. The van der Waals surface area contributed by atoms with E-state index in [2.05, 4.69) is 6.92 Å². The topological polar surface area (TPSA) is 37.4 Å². The molecule has 2 amide bonds. The van der Waals surface area contributed by atoms with Crippen LogP contribution in [0.4, 0.5) is 0 Å². The Hall–Kier alpha value is -1.81. The highest BCUT2D eigenvalue weighted by molar-refractivity contribution is 7.99. The van der Waals surface area contributed by atoms with Gasteiger partial charge in [0.25, 0.3) is 11.8 Å². The van der Waals surface area contributed by atoms with Crippen LogP contribution in [0.15, 0.2) is 35.2 Å². The first-order valence-corrected chi connectivity index (χ1v) is 7.64. The third-order valence-electron chi connectivity index (χ3n) is 3.53. The van der Waals surface area contributed by atoms with E-state index in [1.165, 1.54) is 11.9 Å². The molecule has 2 aromatic rings. The van der Waals surface area contributed by atoms with Crippen molar-refractivity contribution in [2.24, 2.45) is 0 Å². The number of carbonyl (C=O) groups is 2. The fraction of sp³-hybridized carbons (Fsp3) is 0.250. The average molecular weight is 285 g/mol. The summed E-state index contributed by atoms with van der Waals surface area (Å²) in [6.45, 7) is 2.14. The molecule has 3 rings (SSSR count). The minimum absolute atomic E-state index is 0.217. The van der Waals surface area contributed by atoms with E-state index in [1.807, 2.05) is 24.3 Å². The first-order chi connectivity index (χ1) is 9.65. The van der Waals surface area contributed by atoms with Gasteiger partial charge in [-0.2, -0.15) is 0 Å². The second-order valence-corrected chi connectivity index (χ2v) is 5.99. The third kappa shape index (κ3) is 1.83. The number of rotatable bonds is 3. The summed E-state index contributed by atoms with van der Waals surface area (Å²) in [4.78, 5) is 26.8. The quantitative estimate of drug-likeness (QED) is 0.639. The molecule has 102 valence electrons. The lowest BCUT2D eigenvalue weighted by Gasteiger charge is -2.24. The second-order valence-electron chi connectivity index (χ2n) is 4.86. The van der Waals surface area contributed by atoms with E-state index in [9.17, 15) is 9.59 Å². The highest BCUT2D eigenvalue weighted by Crippen LogP contribution is 2.35. The van der Waals surface area contributed by atoms with Gasteiger partial charge >= 0.3 is 0 Å². The van der Waals surface area contributed by atoms with E-state index in [0.717, 1.165) is 27.8 Å². The summed E-state index contributed by atoms with van der Waals surface area (Å²) in [7, 11) is 1.53. The van der Waals surface area contributed by atoms with Gasteiger partial charge in [-0.15, -0.1) is 11.8 Å². The Morgan fingerprint density at radius 1 is 1.05 bits per heavy atom. The highest BCUT2D eigenvalue weighted by Gasteiger charge is 2.30. The largest absolute Gasteiger partial charge is 0.277 e. The number of thioether (sulfide) groups is 1. The van der Waals surface area contributed by atoms with Crippen molar-refractivity contribution in [2.75, 3.05) is 12.8 Å². The summed E-state index contributed by atoms with van der Waals surface area (Å²) < 4.78 is 0. The summed E-state index contributed by atoms with van der Waals surface area (Å²) in [6, 6.07) is 9.51. The first-order valence-electron chi connectivity index (χ1n) is 6.66. The molecular weight excluding hydrogens is 270 g/mol. The van der Waals surface area contributed by atoms with Crippen LogP contribution in [-0.4, -0.2) is 29.5 Å². The number of amides is 2. The fourth-order valence-electron chi connectivity index (χ4n) is 2.53. The van der Waals surface area contributed by atoms with Gasteiger partial charge in [0.2, 0.25) is 0 Å². The Balaban J connectivity index is 2.29. The van der Waals surface area contributed by atoms with Gasteiger partial charge in [-0.05, 0) is 35.8 Å². The second kappa shape index (κ2) is 4.94. The zero-order valence-corrected chi connectivity index (χ0v) is 12.3. The molecule has 1 heterocycles. The predicted octanol–water partition coefficient (Wildman–Crippen LogP) is 3.57. The lowest BCUT2D eigenvalue weighted by Crippen LogP contribution is -2.36. The number of imide groups is 1. The lowest BCUT2D eigenvalue weighted by molar-refractivity contribution is 0.0650. The van der Waals surface area contributed by atoms with Gasteiger partial charge in [0.15, 0.2) is 0 Å². The maximum atomic E-state index is 12.2. The lowest BCUT2D eigenvalue weighted by atomic mass is 9.94. The molecule has 20 heavy (non-hydrogen) atoms. The van der Waals surface area contributed by atoms with Crippen molar-refractivity contribution in [3.63, 3.8) is 0 Å². The Morgan fingerprint density at radius 2 is 1.75 bits per heavy atom. The minimum Gasteiger partial charge on any atom is -0.277 e. The minimum atomic E-state index is -0.217. The van der Waals surface area contributed by atoms with Crippen LogP contribution in [0.2, 0.25) is 0 Å². The standard InChI is InChI=1S/C16H15NO2S/c1-3-9-20-13-8-7-12-14-10(13)5-4-6-11(14)15(18)17(2)16(12)19/h4-8H,3,9H2,1-2H3. The van der Waals surface area contributed by atoms with Crippen molar-refractivity contribution in [2.45, 2.75) is 18.2 Å². The van der Waals surface area contributed by atoms with Gasteiger partial charge in [0, 0.05) is 28.5 Å². The molecule has 0 saturated carbocycles. The van der Waals surface area contributed by atoms with Crippen LogP contribution in [0.1, 0.15) is 34.1 Å². The van der Waals surface area contributed by atoms with E-state index in [0.29, 0.717) is 11.1 Å². The van der Waals surface area contributed by atoms with Crippen molar-refractivity contribution < 1.29 is 9.59 Å². The van der Waals surface area contributed by atoms with Crippen LogP contribution in [0.5, 0.6) is 0 Å². The molecule has 0 radical (unpaired) electrons. The molecule has 1 aliphatic rings. The van der Waals surface area contributed by atoms with E-state index in [1.54, 1.807) is 17.8 Å². The molecule has 0 aromatic heterocycles. The number of nitrogens with zero attached hydrogens (tertiary/aromatic N) is 1. The SMILES string of the molecule is CCCSc1ccc2c3c(cccc13)C(=O)N(C)C2=O. The van der Waals surface area contributed by atoms with Crippen LogP contribution in [0, 0.1) is 0 Å². The molecule has 0 atom stereocenters. The Labute approximate surface area is 122 Å². The first kappa shape index (κ1) is 13.2. The van der Waals surface area contributed by atoms with Crippen LogP contribution in [-0.2, 0) is 0 Å². The summed E-state index contributed by atoms with van der Waals surface area (Å²) in [5.74, 6) is 0.594. The molecule has 4 heteroatoms. The van der Waals surface area contributed by atoms with E-state index in [-0.39, 0.29) is 11.8 Å². The van der Waals surface area contributed by atoms with Gasteiger partial charge in [-0.1, -0.05) is 19.1 Å². The van der Waals surface area contributed by atoms with Crippen LogP contribution in [0.3, 0.4) is 0 Å². The maximum Gasteiger partial charge on any atom is 0.261 e. The van der Waals surface area contributed by atoms with E-state index in [4.69, 9.17) is 0 Å². The Kier molecular flexibility index (Phi) is 3.26. The molecule has 1 aliphatic heterocycles. The zero-order chi connectivity index (χ0) is 14.3. The van der Waals surface area contributed by atoms with Gasteiger partial charge in [0.1, 0.15) is 0 Å². The molecular formula is C16H15NO2S. The molecule has 0 N–H and O–H groups in total. The molecule has 0 spiro atoms. The van der Waals surface area contributed by atoms with Crippen molar-refractivity contribution in [1.29, 1.82) is 0 Å². The van der Waals surface area contributed by atoms with Crippen LogP contribution in [0.25, 0.3) is 10.8 Å². The molecule has 0 bridgehead atoms. The van der Waals surface area contributed by atoms with Crippen molar-refractivity contribution >= 4 is 34.3 Å². The number of hydrogen-bond donors (Lipinski definition) is 0. The molecule has 0 saturated heterocycles. The summed E-state index contributed by atoms with van der Waals surface area (Å²) in [5.41, 5.74) is 1.25. The zero-order valence-electron chi connectivity index (χ0n) is 11.5. The van der Waals surface area contributed by atoms with Gasteiger partial charge in [-0.3, -0.25) is 14.5 Å². The van der Waals surface area contributed by atoms with Crippen LogP contribution >= 0.6 is 11.8 Å². The number of carbonyl (C=O) groups excluding carboxylic acids is 2. The van der Waals surface area contributed by atoms with E-state index >= 15 is 0 Å². The third-order valence-corrected chi connectivity index (χ3v) is 4.81. The van der Waals surface area contributed by atoms with Gasteiger partial charge < -0.3 is 0 Å². The summed E-state index contributed by atoms with van der Waals surface area (Å²) >= 11 is 1.77. The number of benzene rings is 2. The monoisotopic (exact) mass is 285 g/mol. The number of hydrogen-bond acceptors (Lipinski definition) is 3.